The maximum Gasteiger partial charge on any atom is 0.252 e. The van der Waals surface area contributed by atoms with Crippen LogP contribution in [0.3, 0.4) is 0 Å². The second-order valence-electron chi connectivity index (χ2n) is 4.85. The molecule has 0 atom stereocenters. The van der Waals surface area contributed by atoms with E-state index >= 15 is 0 Å². The van der Waals surface area contributed by atoms with Crippen LogP contribution < -0.4 is 5.32 Å². The number of hydrogen-bond donors (Lipinski definition) is 1. The lowest BCUT2D eigenvalue weighted by molar-refractivity contribution is -0.116. The van der Waals surface area contributed by atoms with Crippen LogP contribution in [0.15, 0.2) is 34.5 Å². The highest BCUT2D eigenvalue weighted by molar-refractivity contribution is 7.91. The summed E-state index contributed by atoms with van der Waals surface area (Å²) in [7, 11) is -2.54. The highest BCUT2D eigenvalue weighted by atomic mass is 35.5. The molecule has 2 aromatic rings. The van der Waals surface area contributed by atoms with Gasteiger partial charge in [-0.15, -0.1) is 11.3 Å². The molecule has 0 aliphatic rings. The fourth-order valence-corrected chi connectivity index (χ4v) is 4.61. The molecular formula is C14H14ClFN2O3S2. The van der Waals surface area contributed by atoms with E-state index in [1.54, 1.807) is 13.0 Å². The van der Waals surface area contributed by atoms with Crippen molar-refractivity contribution in [3.05, 3.63) is 46.0 Å². The van der Waals surface area contributed by atoms with E-state index in [1.807, 2.05) is 0 Å². The van der Waals surface area contributed by atoms with Crippen LogP contribution in [0, 0.1) is 12.7 Å². The first-order chi connectivity index (χ1) is 10.7. The fourth-order valence-electron chi connectivity index (χ4n) is 1.79. The summed E-state index contributed by atoms with van der Waals surface area (Å²) in [4.78, 5) is 11.9. The van der Waals surface area contributed by atoms with Gasteiger partial charge in [0.05, 0.1) is 16.6 Å². The molecular weight excluding hydrogens is 363 g/mol. The lowest BCUT2D eigenvalue weighted by Crippen LogP contribution is -2.34. The molecule has 2 rings (SSSR count). The third kappa shape index (κ3) is 4.29. The van der Waals surface area contributed by atoms with Crippen molar-refractivity contribution in [3.8, 4) is 0 Å². The van der Waals surface area contributed by atoms with Crippen molar-refractivity contribution < 1.29 is 17.6 Å². The molecule has 1 amide bonds. The van der Waals surface area contributed by atoms with Gasteiger partial charge in [0, 0.05) is 7.05 Å². The second kappa shape index (κ2) is 6.96. The van der Waals surface area contributed by atoms with Crippen molar-refractivity contribution in [2.24, 2.45) is 0 Å². The first-order valence-corrected chi connectivity index (χ1v) is 9.11. The standard InChI is InChI=1S/C14H14ClFN2O3S2/c1-9-3-4-11(10(16)7-9)17-13(19)8-18(2)23(20,21)14-6-5-12(15)22-14/h3-7H,8H2,1-2H3,(H,17,19). The number of thiophene rings is 1. The van der Waals surface area contributed by atoms with Gasteiger partial charge in [-0.25, -0.2) is 12.8 Å². The molecule has 0 aliphatic carbocycles. The van der Waals surface area contributed by atoms with Gasteiger partial charge in [0.2, 0.25) is 5.91 Å². The molecule has 23 heavy (non-hydrogen) atoms. The Kier molecular flexibility index (Phi) is 5.41. The summed E-state index contributed by atoms with van der Waals surface area (Å²) >= 11 is 6.63. The molecule has 0 saturated carbocycles. The average Bonchev–Trinajstić information content (AvgIpc) is 2.89. The maximum absolute atomic E-state index is 13.7. The molecule has 0 radical (unpaired) electrons. The molecule has 5 nitrogen and oxygen atoms in total. The number of aryl methyl sites for hydroxylation is 1. The van der Waals surface area contributed by atoms with Gasteiger partial charge in [-0.3, -0.25) is 4.79 Å². The summed E-state index contributed by atoms with van der Waals surface area (Å²) in [5.41, 5.74) is 0.723. The summed E-state index contributed by atoms with van der Waals surface area (Å²) in [6.07, 6.45) is 0. The zero-order chi connectivity index (χ0) is 17.2. The van der Waals surface area contributed by atoms with Gasteiger partial charge in [-0.1, -0.05) is 17.7 Å². The Morgan fingerprint density at radius 1 is 1.35 bits per heavy atom. The van der Waals surface area contributed by atoms with E-state index in [1.165, 1.54) is 31.3 Å². The predicted octanol–water partition coefficient (Wildman–Crippen LogP) is 3.11. The topological polar surface area (TPSA) is 66.5 Å². The van der Waals surface area contributed by atoms with E-state index in [9.17, 15) is 17.6 Å². The molecule has 124 valence electrons. The monoisotopic (exact) mass is 376 g/mol. The van der Waals surface area contributed by atoms with Gasteiger partial charge in [-0.05, 0) is 36.8 Å². The lowest BCUT2D eigenvalue weighted by Gasteiger charge is -2.16. The number of likely N-dealkylation sites (N-methyl/N-ethyl adjacent to an activating group) is 1. The molecule has 0 aliphatic heterocycles. The van der Waals surface area contributed by atoms with Crippen molar-refractivity contribution in [2.75, 3.05) is 18.9 Å². The van der Waals surface area contributed by atoms with Crippen LogP contribution in [-0.4, -0.2) is 32.2 Å². The maximum atomic E-state index is 13.7. The van der Waals surface area contributed by atoms with Crippen LogP contribution in [-0.2, 0) is 14.8 Å². The van der Waals surface area contributed by atoms with Crippen LogP contribution in [0.25, 0.3) is 0 Å². The largest absolute Gasteiger partial charge is 0.322 e. The number of sulfonamides is 1. The average molecular weight is 377 g/mol. The van der Waals surface area contributed by atoms with Crippen LogP contribution >= 0.6 is 22.9 Å². The summed E-state index contributed by atoms with van der Waals surface area (Å²) in [6, 6.07) is 7.19. The van der Waals surface area contributed by atoms with Crippen LogP contribution in [0.5, 0.6) is 0 Å². The highest BCUT2D eigenvalue weighted by Crippen LogP contribution is 2.27. The molecule has 1 heterocycles. The van der Waals surface area contributed by atoms with E-state index in [4.69, 9.17) is 11.6 Å². The third-order valence-corrected chi connectivity index (χ3v) is 6.48. The Morgan fingerprint density at radius 3 is 2.61 bits per heavy atom. The van der Waals surface area contributed by atoms with Gasteiger partial charge in [0.25, 0.3) is 10.0 Å². The molecule has 0 bridgehead atoms. The van der Waals surface area contributed by atoms with Crippen molar-refractivity contribution in [1.82, 2.24) is 4.31 Å². The van der Waals surface area contributed by atoms with Gasteiger partial charge in [0.1, 0.15) is 10.0 Å². The number of halogens is 2. The van der Waals surface area contributed by atoms with Crippen molar-refractivity contribution in [2.45, 2.75) is 11.1 Å². The van der Waals surface area contributed by atoms with Gasteiger partial charge in [-0.2, -0.15) is 4.31 Å². The minimum absolute atomic E-state index is 0.00515. The number of rotatable bonds is 5. The van der Waals surface area contributed by atoms with E-state index in [0.717, 1.165) is 21.2 Å². The zero-order valence-corrected chi connectivity index (χ0v) is 14.7. The molecule has 1 aromatic carbocycles. The normalized spacial score (nSPS) is 11.7. The van der Waals surface area contributed by atoms with Gasteiger partial charge in [0.15, 0.2) is 0 Å². The van der Waals surface area contributed by atoms with Gasteiger partial charge >= 0.3 is 0 Å². The fraction of sp³-hybridized carbons (Fsp3) is 0.214. The number of hydrogen-bond acceptors (Lipinski definition) is 4. The van der Waals surface area contributed by atoms with E-state index in [-0.39, 0.29) is 9.90 Å². The first-order valence-electron chi connectivity index (χ1n) is 6.48. The van der Waals surface area contributed by atoms with Crippen LogP contribution in [0.2, 0.25) is 4.34 Å². The smallest absolute Gasteiger partial charge is 0.252 e. The molecule has 9 heteroatoms. The Labute approximate surface area is 142 Å². The number of anilines is 1. The van der Waals surface area contributed by atoms with Crippen LogP contribution in [0.4, 0.5) is 10.1 Å². The molecule has 0 unspecified atom stereocenters. The number of carbonyl (C=O) groups is 1. The Bertz CT molecular complexity index is 836. The van der Waals surface area contributed by atoms with Crippen molar-refractivity contribution in [1.29, 1.82) is 0 Å². The molecule has 1 aromatic heterocycles. The van der Waals surface area contributed by atoms with Crippen LogP contribution in [0.1, 0.15) is 5.56 Å². The van der Waals surface area contributed by atoms with Gasteiger partial charge < -0.3 is 5.32 Å². The van der Waals surface area contributed by atoms with Crippen molar-refractivity contribution >= 4 is 44.6 Å². The predicted molar refractivity (Wildman–Crippen MR) is 88.9 cm³/mol. The zero-order valence-electron chi connectivity index (χ0n) is 12.3. The SMILES string of the molecule is Cc1ccc(NC(=O)CN(C)S(=O)(=O)c2ccc(Cl)s2)c(F)c1. The third-order valence-electron chi connectivity index (χ3n) is 2.98. The number of nitrogens with one attached hydrogen (secondary N) is 1. The molecule has 0 spiro atoms. The van der Waals surface area contributed by atoms with E-state index < -0.39 is 28.3 Å². The number of amides is 1. The molecule has 0 saturated heterocycles. The highest BCUT2D eigenvalue weighted by Gasteiger charge is 2.24. The minimum Gasteiger partial charge on any atom is -0.322 e. The quantitative estimate of drug-likeness (QED) is 0.871. The Morgan fingerprint density at radius 2 is 2.04 bits per heavy atom. The molecule has 0 fully saturated rings. The summed E-state index contributed by atoms with van der Waals surface area (Å²) in [5, 5.41) is 2.35. The van der Waals surface area contributed by atoms with E-state index in [2.05, 4.69) is 5.32 Å². The summed E-state index contributed by atoms with van der Waals surface area (Å²) < 4.78 is 39.5. The second-order valence-corrected chi connectivity index (χ2v) is 8.84. The first kappa shape index (κ1) is 17.9. The Balaban J connectivity index is 2.07. The molecule has 1 N–H and O–H groups in total. The Hall–Kier alpha value is -1.48. The lowest BCUT2D eigenvalue weighted by atomic mass is 10.2. The number of nitrogens with zero attached hydrogens (tertiary/aromatic N) is 1. The summed E-state index contributed by atoms with van der Waals surface area (Å²) in [6.45, 7) is 1.28. The van der Waals surface area contributed by atoms with E-state index in [0.29, 0.717) is 4.34 Å². The number of benzene rings is 1. The number of carbonyl (C=O) groups excluding carboxylic acids is 1. The summed E-state index contributed by atoms with van der Waals surface area (Å²) in [5.74, 6) is -1.21. The van der Waals surface area contributed by atoms with Crippen molar-refractivity contribution in [3.63, 3.8) is 0 Å². The minimum atomic E-state index is -3.81.